The topological polar surface area (TPSA) is 71.5 Å². The predicted molar refractivity (Wildman–Crippen MR) is 121 cm³/mol. The Kier molecular flexibility index (Phi) is 4.52. The average molecular weight is 413 g/mol. The van der Waals surface area contributed by atoms with Gasteiger partial charge in [-0.15, -0.1) is 0 Å². The molecule has 0 spiro atoms. The van der Waals surface area contributed by atoms with Crippen molar-refractivity contribution in [2.24, 2.45) is 0 Å². The van der Waals surface area contributed by atoms with Crippen LogP contribution in [-0.2, 0) is 6.42 Å². The summed E-state index contributed by atoms with van der Waals surface area (Å²) in [5.74, 6) is 0. The molecule has 2 aromatic carbocycles. The lowest BCUT2D eigenvalue weighted by Crippen LogP contribution is -2.09. The van der Waals surface area contributed by atoms with Crippen molar-refractivity contribution in [1.29, 1.82) is 0 Å². The lowest BCUT2D eigenvalue weighted by Gasteiger charge is -2.13. The van der Waals surface area contributed by atoms with E-state index in [2.05, 4.69) is 9.97 Å². The molecule has 0 bridgehead atoms. The summed E-state index contributed by atoms with van der Waals surface area (Å²) in [5.41, 5.74) is 5.75. The Labute approximate surface area is 177 Å². The largest absolute Gasteiger partial charge is 0.305 e. The Morgan fingerprint density at radius 2 is 1.70 bits per heavy atom. The van der Waals surface area contributed by atoms with E-state index in [9.17, 15) is 4.79 Å². The quantitative estimate of drug-likeness (QED) is 0.429. The smallest absolute Gasteiger partial charge is 0.249 e. The number of nitrogens with zero attached hydrogens (tertiary/aromatic N) is 3. The van der Waals surface area contributed by atoms with E-state index in [1.807, 2.05) is 61.5 Å². The molecule has 0 atom stereocenters. The third-order valence-corrected chi connectivity index (χ3v) is 5.39. The van der Waals surface area contributed by atoms with Crippen molar-refractivity contribution in [3.63, 3.8) is 0 Å². The number of rotatable bonds is 3. The van der Waals surface area contributed by atoms with Crippen molar-refractivity contribution in [2.45, 2.75) is 13.3 Å². The molecule has 5 nitrogen and oxygen atoms in total. The third kappa shape index (κ3) is 3.13. The minimum absolute atomic E-state index is 0.180. The molecule has 3 heterocycles. The average Bonchev–Trinajstić information content (AvgIpc) is 2.78. The number of fused-ring (bicyclic) bond motifs is 2. The molecule has 1 N–H and O–H groups in total. The van der Waals surface area contributed by atoms with Gasteiger partial charge >= 0.3 is 0 Å². The predicted octanol–water partition coefficient (Wildman–Crippen LogP) is 5.42. The molecule has 5 rings (SSSR count). The van der Waals surface area contributed by atoms with Gasteiger partial charge in [-0.1, -0.05) is 54.9 Å². The lowest BCUT2D eigenvalue weighted by atomic mass is 10.0. The number of H-pyrrole nitrogens is 1. The van der Waals surface area contributed by atoms with E-state index < -0.39 is 0 Å². The molecular formula is C24H17ClN4O. The van der Waals surface area contributed by atoms with Crippen LogP contribution in [0.15, 0.2) is 71.7 Å². The number of aromatic amines is 1. The van der Waals surface area contributed by atoms with Crippen LogP contribution < -0.4 is 5.56 Å². The van der Waals surface area contributed by atoms with E-state index in [1.165, 1.54) is 0 Å². The zero-order valence-electron chi connectivity index (χ0n) is 16.2. The number of benzene rings is 2. The summed E-state index contributed by atoms with van der Waals surface area (Å²) in [6, 6.07) is 19.1. The zero-order valence-corrected chi connectivity index (χ0v) is 16.9. The van der Waals surface area contributed by atoms with Gasteiger partial charge in [0.15, 0.2) is 5.65 Å². The standard InChI is InChI=1S/C24H17ClN4O/c1-2-14-13-19(30)27-24-23(14)28-22(21(29-24)15-7-4-3-5-8-15)17-11-16-9-6-10-26-20(16)18(25)12-17/h3-13H,2H2,1H3,(H,27,29,30). The summed E-state index contributed by atoms with van der Waals surface area (Å²) >= 11 is 6.55. The fourth-order valence-corrected chi connectivity index (χ4v) is 3.95. The van der Waals surface area contributed by atoms with Gasteiger partial charge in [0.05, 0.1) is 21.9 Å². The monoisotopic (exact) mass is 412 g/mol. The molecule has 0 aliphatic carbocycles. The van der Waals surface area contributed by atoms with Crippen molar-refractivity contribution < 1.29 is 0 Å². The van der Waals surface area contributed by atoms with Crippen molar-refractivity contribution >= 4 is 33.7 Å². The fourth-order valence-electron chi connectivity index (χ4n) is 3.68. The molecule has 0 saturated carbocycles. The van der Waals surface area contributed by atoms with E-state index in [4.69, 9.17) is 21.6 Å². The summed E-state index contributed by atoms with van der Waals surface area (Å²) < 4.78 is 0. The second-order valence-electron chi connectivity index (χ2n) is 7.03. The van der Waals surface area contributed by atoms with Gasteiger partial charge in [0, 0.05) is 28.8 Å². The molecular weight excluding hydrogens is 396 g/mol. The summed E-state index contributed by atoms with van der Waals surface area (Å²) in [4.78, 5) is 29.1. The highest BCUT2D eigenvalue weighted by atomic mass is 35.5. The van der Waals surface area contributed by atoms with Crippen LogP contribution in [-0.4, -0.2) is 19.9 Å². The van der Waals surface area contributed by atoms with Gasteiger partial charge in [-0.3, -0.25) is 9.78 Å². The number of aromatic nitrogens is 4. The molecule has 0 radical (unpaired) electrons. The molecule has 6 heteroatoms. The van der Waals surface area contributed by atoms with Crippen molar-refractivity contribution in [2.75, 3.05) is 0 Å². The normalized spacial score (nSPS) is 11.3. The Morgan fingerprint density at radius 1 is 0.900 bits per heavy atom. The van der Waals surface area contributed by atoms with Gasteiger partial charge in [0.25, 0.3) is 0 Å². The Bertz CT molecular complexity index is 1460. The first kappa shape index (κ1) is 18.5. The molecule has 0 fully saturated rings. The number of aryl methyl sites for hydroxylation is 1. The highest BCUT2D eigenvalue weighted by Crippen LogP contribution is 2.35. The van der Waals surface area contributed by atoms with Crippen molar-refractivity contribution in [3.05, 3.63) is 87.8 Å². The maximum atomic E-state index is 12.1. The van der Waals surface area contributed by atoms with Crippen LogP contribution in [0, 0.1) is 0 Å². The Morgan fingerprint density at radius 3 is 2.50 bits per heavy atom. The molecule has 0 aliphatic heterocycles. The number of halogens is 1. The second-order valence-corrected chi connectivity index (χ2v) is 7.44. The summed E-state index contributed by atoms with van der Waals surface area (Å²) in [7, 11) is 0. The van der Waals surface area contributed by atoms with Crippen molar-refractivity contribution in [1.82, 2.24) is 19.9 Å². The SMILES string of the molecule is CCc1cc(=O)[nH]c2nc(-c3ccccc3)c(-c3cc(Cl)c4ncccc4c3)nc12. The summed E-state index contributed by atoms with van der Waals surface area (Å²) in [6.07, 6.45) is 2.41. The van der Waals surface area contributed by atoms with Crippen LogP contribution >= 0.6 is 11.6 Å². The van der Waals surface area contributed by atoms with E-state index in [1.54, 1.807) is 12.3 Å². The van der Waals surface area contributed by atoms with E-state index >= 15 is 0 Å². The van der Waals surface area contributed by atoms with Crippen LogP contribution in [0.3, 0.4) is 0 Å². The van der Waals surface area contributed by atoms with E-state index in [-0.39, 0.29) is 5.56 Å². The lowest BCUT2D eigenvalue weighted by molar-refractivity contribution is 1.10. The van der Waals surface area contributed by atoms with Gasteiger partial charge in [0.2, 0.25) is 5.56 Å². The summed E-state index contributed by atoms with van der Waals surface area (Å²) in [5, 5.41) is 1.49. The maximum Gasteiger partial charge on any atom is 0.249 e. The van der Waals surface area contributed by atoms with Crippen LogP contribution in [0.4, 0.5) is 0 Å². The molecule has 3 aromatic heterocycles. The minimum Gasteiger partial charge on any atom is -0.305 e. The zero-order chi connectivity index (χ0) is 20.7. The van der Waals surface area contributed by atoms with Gasteiger partial charge in [-0.2, -0.15) is 0 Å². The van der Waals surface area contributed by atoms with E-state index in [0.717, 1.165) is 27.6 Å². The molecule has 0 aliphatic rings. The molecule has 30 heavy (non-hydrogen) atoms. The van der Waals surface area contributed by atoms with Crippen LogP contribution in [0.5, 0.6) is 0 Å². The first-order chi connectivity index (χ1) is 14.6. The Balaban J connectivity index is 1.88. The van der Waals surface area contributed by atoms with E-state index in [0.29, 0.717) is 34.0 Å². The number of hydrogen-bond acceptors (Lipinski definition) is 4. The maximum absolute atomic E-state index is 12.1. The first-order valence-corrected chi connectivity index (χ1v) is 10.1. The van der Waals surface area contributed by atoms with Crippen LogP contribution in [0.2, 0.25) is 5.02 Å². The molecule has 5 aromatic rings. The van der Waals surface area contributed by atoms with Crippen molar-refractivity contribution in [3.8, 4) is 22.5 Å². The Hall–Kier alpha value is -3.57. The molecule has 146 valence electrons. The fraction of sp³-hybridized carbons (Fsp3) is 0.0833. The number of nitrogens with one attached hydrogen (secondary N) is 1. The van der Waals surface area contributed by atoms with Crippen LogP contribution in [0.25, 0.3) is 44.6 Å². The van der Waals surface area contributed by atoms with Gasteiger partial charge in [0.1, 0.15) is 5.52 Å². The third-order valence-electron chi connectivity index (χ3n) is 5.11. The van der Waals surface area contributed by atoms with Gasteiger partial charge < -0.3 is 4.98 Å². The van der Waals surface area contributed by atoms with Gasteiger partial charge in [-0.05, 0) is 30.2 Å². The first-order valence-electron chi connectivity index (χ1n) is 9.68. The minimum atomic E-state index is -0.180. The molecule has 0 saturated heterocycles. The molecule has 0 amide bonds. The molecule has 0 unspecified atom stereocenters. The summed E-state index contributed by atoms with van der Waals surface area (Å²) in [6.45, 7) is 2.00. The van der Waals surface area contributed by atoms with Crippen LogP contribution in [0.1, 0.15) is 12.5 Å². The number of hydrogen-bond donors (Lipinski definition) is 1. The van der Waals surface area contributed by atoms with Gasteiger partial charge in [-0.25, -0.2) is 9.97 Å². The second kappa shape index (κ2) is 7.35. The highest BCUT2D eigenvalue weighted by Gasteiger charge is 2.17. The highest BCUT2D eigenvalue weighted by molar-refractivity contribution is 6.35. The number of pyridine rings is 2.